The maximum absolute atomic E-state index is 4.50. The van der Waals surface area contributed by atoms with Gasteiger partial charge in [-0.15, -0.1) is 24.0 Å². The van der Waals surface area contributed by atoms with Gasteiger partial charge in [0.2, 0.25) is 0 Å². The van der Waals surface area contributed by atoms with Gasteiger partial charge < -0.3 is 15.1 Å². The Hall–Kier alpha value is -0.820. The highest BCUT2D eigenvalue weighted by Crippen LogP contribution is 2.19. The number of fused-ring (bicyclic) bond motifs is 1. The van der Waals surface area contributed by atoms with Crippen molar-refractivity contribution in [3.63, 3.8) is 0 Å². The van der Waals surface area contributed by atoms with Crippen LogP contribution in [0.4, 0.5) is 0 Å². The number of nitrogens with one attached hydrogen (secondary N) is 1. The molecule has 1 fully saturated rings. The molecule has 1 aromatic carbocycles. The Morgan fingerprint density at radius 3 is 2.74 bits per heavy atom. The second kappa shape index (κ2) is 8.87. The number of hydrogen-bond donors (Lipinski definition) is 1. The van der Waals surface area contributed by atoms with Crippen LogP contribution in [0.2, 0.25) is 0 Å². The predicted molar refractivity (Wildman–Crippen MR) is 108 cm³/mol. The minimum Gasteiger partial charge on any atom is -0.356 e. The van der Waals surface area contributed by atoms with Crippen LogP contribution in [0.25, 0.3) is 0 Å². The summed E-state index contributed by atoms with van der Waals surface area (Å²) in [5, 5.41) is 3.61. The lowest BCUT2D eigenvalue weighted by atomic mass is 10.0. The molecule has 1 saturated heterocycles. The summed E-state index contributed by atoms with van der Waals surface area (Å²) in [5.41, 5.74) is 2.93. The van der Waals surface area contributed by atoms with E-state index in [-0.39, 0.29) is 24.0 Å². The van der Waals surface area contributed by atoms with Crippen LogP contribution in [0.5, 0.6) is 0 Å². The van der Waals surface area contributed by atoms with E-state index in [1.165, 1.54) is 37.2 Å². The van der Waals surface area contributed by atoms with E-state index in [4.69, 9.17) is 0 Å². The largest absolute Gasteiger partial charge is 0.356 e. The fourth-order valence-electron chi connectivity index (χ4n) is 3.61. The lowest BCUT2D eigenvalue weighted by Crippen LogP contribution is -2.45. The predicted octanol–water partition coefficient (Wildman–Crippen LogP) is 2.58. The fraction of sp³-hybridized carbons (Fsp3) is 0.611. The summed E-state index contributed by atoms with van der Waals surface area (Å²) in [6.45, 7) is 8.97. The number of aliphatic imine (C=N–C) groups is 1. The summed E-state index contributed by atoms with van der Waals surface area (Å²) in [7, 11) is 1.90. The number of guanidine groups is 1. The number of hydrogen-bond acceptors (Lipinski definition) is 2. The van der Waals surface area contributed by atoms with Crippen molar-refractivity contribution < 1.29 is 0 Å². The summed E-state index contributed by atoms with van der Waals surface area (Å²) in [6.07, 6.45) is 2.42. The Kier molecular flexibility index (Phi) is 7.14. The summed E-state index contributed by atoms with van der Waals surface area (Å²) in [6, 6.07) is 8.77. The second-order valence-corrected chi connectivity index (χ2v) is 6.42. The Morgan fingerprint density at radius 1 is 1.26 bits per heavy atom. The Morgan fingerprint density at radius 2 is 2.04 bits per heavy atom. The first-order valence-electron chi connectivity index (χ1n) is 8.55. The number of benzene rings is 1. The van der Waals surface area contributed by atoms with Crippen molar-refractivity contribution in [2.75, 3.05) is 39.8 Å². The van der Waals surface area contributed by atoms with Crippen LogP contribution in [-0.4, -0.2) is 55.5 Å². The van der Waals surface area contributed by atoms with Gasteiger partial charge in [0.15, 0.2) is 5.96 Å². The molecule has 1 unspecified atom stereocenters. The van der Waals surface area contributed by atoms with Crippen LogP contribution in [0.15, 0.2) is 29.3 Å². The van der Waals surface area contributed by atoms with Gasteiger partial charge in [-0.1, -0.05) is 31.2 Å². The molecule has 1 N–H and O–H groups in total. The number of nitrogens with zero attached hydrogens (tertiary/aromatic N) is 3. The number of halogens is 1. The molecule has 1 atom stereocenters. The molecule has 0 amide bonds. The van der Waals surface area contributed by atoms with Crippen molar-refractivity contribution in [1.29, 1.82) is 0 Å². The Labute approximate surface area is 157 Å². The summed E-state index contributed by atoms with van der Waals surface area (Å²) < 4.78 is 0. The molecular weight excluding hydrogens is 399 g/mol. The summed E-state index contributed by atoms with van der Waals surface area (Å²) >= 11 is 0. The standard InChI is InChI=1S/C18H28N4.HI/c1-3-21-10-8-15(13-21)12-20-18(19-2)22-11-9-16-6-4-5-7-17(16)14-22;/h4-7,15H,3,8-14H2,1-2H3,(H,19,20);1H. The fourth-order valence-corrected chi connectivity index (χ4v) is 3.61. The molecule has 2 heterocycles. The molecule has 0 aromatic heterocycles. The highest BCUT2D eigenvalue weighted by molar-refractivity contribution is 14.0. The first kappa shape index (κ1) is 18.5. The van der Waals surface area contributed by atoms with Crippen molar-refractivity contribution >= 4 is 29.9 Å². The molecule has 0 spiro atoms. The van der Waals surface area contributed by atoms with Crippen molar-refractivity contribution in [3.05, 3.63) is 35.4 Å². The third kappa shape index (κ3) is 4.59. The Bertz CT molecular complexity index is 532. The maximum atomic E-state index is 4.50. The molecule has 128 valence electrons. The molecule has 0 bridgehead atoms. The van der Waals surface area contributed by atoms with Crippen molar-refractivity contribution in [2.45, 2.75) is 26.3 Å². The zero-order valence-corrected chi connectivity index (χ0v) is 16.6. The zero-order valence-electron chi connectivity index (χ0n) is 14.3. The van der Waals surface area contributed by atoms with Crippen LogP contribution in [0, 0.1) is 5.92 Å². The average molecular weight is 428 g/mol. The maximum Gasteiger partial charge on any atom is 0.193 e. The zero-order chi connectivity index (χ0) is 15.4. The smallest absolute Gasteiger partial charge is 0.193 e. The van der Waals surface area contributed by atoms with Gasteiger partial charge in [-0.2, -0.15) is 0 Å². The van der Waals surface area contributed by atoms with E-state index in [1.54, 1.807) is 0 Å². The van der Waals surface area contributed by atoms with Crippen LogP contribution in [0.3, 0.4) is 0 Å². The topological polar surface area (TPSA) is 30.9 Å². The Balaban J connectivity index is 0.00000192. The van der Waals surface area contributed by atoms with Gasteiger partial charge in [-0.25, -0.2) is 0 Å². The van der Waals surface area contributed by atoms with Gasteiger partial charge in [0, 0.05) is 33.2 Å². The van der Waals surface area contributed by atoms with E-state index in [2.05, 4.69) is 51.3 Å². The number of likely N-dealkylation sites (tertiary alicyclic amines) is 1. The molecule has 3 rings (SSSR count). The third-order valence-corrected chi connectivity index (χ3v) is 5.01. The summed E-state index contributed by atoms with van der Waals surface area (Å²) in [5.74, 6) is 1.82. The van der Waals surface area contributed by atoms with Crippen LogP contribution in [-0.2, 0) is 13.0 Å². The van der Waals surface area contributed by atoms with E-state index in [9.17, 15) is 0 Å². The first-order valence-corrected chi connectivity index (χ1v) is 8.55. The second-order valence-electron chi connectivity index (χ2n) is 6.42. The van der Waals surface area contributed by atoms with Crippen molar-refractivity contribution in [3.8, 4) is 0 Å². The van der Waals surface area contributed by atoms with Crippen molar-refractivity contribution in [2.24, 2.45) is 10.9 Å². The van der Waals surface area contributed by atoms with Gasteiger partial charge in [0.1, 0.15) is 0 Å². The van der Waals surface area contributed by atoms with E-state index >= 15 is 0 Å². The SMILES string of the molecule is CCN1CCC(CNC(=NC)N2CCc3ccccc3C2)C1.I. The van der Waals surface area contributed by atoms with Gasteiger partial charge in [-0.3, -0.25) is 4.99 Å². The molecular formula is C18H29IN4. The molecule has 1 aromatic rings. The van der Waals surface area contributed by atoms with E-state index in [0.29, 0.717) is 0 Å². The molecule has 23 heavy (non-hydrogen) atoms. The molecule has 4 nitrogen and oxygen atoms in total. The van der Waals surface area contributed by atoms with E-state index < -0.39 is 0 Å². The minimum absolute atomic E-state index is 0. The average Bonchev–Trinajstić information content (AvgIpc) is 3.03. The lowest BCUT2D eigenvalue weighted by molar-refractivity contribution is 0.338. The monoisotopic (exact) mass is 428 g/mol. The highest BCUT2D eigenvalue weighted by atomic mass is 127. The summed E-state index contributed by atoms with van der Waals surface area (Å²) in [4.78, 5) is 9.42. The first-order chi connectivity index (χ1) is 10.8. The van der Waals surface area contributed by atoms with Gasteiger partial charge >= 0.3 is 0 Å². The normalized spacial score (nSPS) is 21.7. The van der Waals surface area contributed by atoms with Crippen molar-refractivity contribution in [1.82, 2.24) is 15.1 Å². The lowest BCUT2D eigenvalue weighted by Gasteiger charge is -2.32. The molecule has 5 heteroatoms. The van der Waals surface area contributed by atoms with E-state index in [1.807, 2.05) is 7.05 Å². The molecule has 2 aliphatic heterocycles. The molecule has 0 saturated carbocycles. The molecule has 0 radical (unpaired) electrons. The minimum atomic E-state index is 0. The molecule has 0 aliphatic carbocycles. The van der Waals surface area contributed by atoms with Crippen LogP contribution >= 0.6 is 24.0 Å². The highest BCUT2D eigenvalue weighted by Gasteiger charge is 2.23. The third-order valence-electron chi connectivity index (χ3n) is 5.01. The van der Waals surface area contributed by atoms with Gasteiger partial charge in [-0.05, 0) is 43.0 Å². The number of rotatable bonds is 3. The van der Waals surface area contributed by atoms with Crippen LogP contribution in [0.1, 0.15) is 24.5 Å². The van der Waals surface area contributed by atoms with Gasteiger partial charge in [0.25, 0.3) is 0 Å². The molecule has 2 aliphatic rings. The quantitative estimate of drug-likeness (QED) is 0.456. The van der Waals surface area contributed by atoms with E-state index in [0.717, 1.165) is 37.9 Å². The van der Waals surface area contributed by atoms with Crippen LogP contribution < -0.4 is 5.32 Å². The van der Waals surface area contributed by atoms with Gasteiger partial charge in [0.05, 0.1) is 0 Å².